The van der Waals surface area contributed by atoms with E-state index in [0.29, 0.717) is 25.7 Å². The van der Waals surface area contributed by atoms with Crippen molar-refractivity contribution in [3.63, 3.8) is 0 Å². The second kappa shape index (κ2) is 7.17. The summed E-state index contributed by atoms with van der Waals surface area (Å²) in [5.41, 5.74) is 0. The van der Waals surface area contributed by atoms with Gasteiger partial charge in [-0.05, 0) is 44.0 Å². The molecule has 118 valence electrons. The van der Waals surface area contributed by atoms with E-state index in [1.165, 1.54) is 31.2 Å². The highest BCUT2D eigenvalue weighted by molar-refractivity contribution is 7.91. The molecule has 0 fully saturated rings. The van der Waals surface area contributed by atoms with E-state index in [2.05, 4.69) is 0 Å². The van der Waals surface area contributed by atoms with Crippen LogP contribution in [0.5, 0.6) is 0 Å². The first-order chi connectivity index (χ1) is 9.63. The Hall–Kier alpha value is -1.21. The van der Waals surface area contributed by atoms with E-state index in [0.717, 1.165) is 6.26 Å². The second-order valence-corrected chi connectivity index (χ2v) is 9.20. The molecule has 0 N–H and O–H groups in total. The summed E-state index contributed by atoms with van der Waals surface area (Å²) >= 11 is 0. The van der Waals surface area contributed by atoms with Crippen LogP contribution in [-0.2, 0) is 24.5 Å². The lowest BCUT2D eigenvalue weighted by Crippen LogP contribution is -2.07. The molecule has 0 spiro atoms. The Kier molecular flexibility index (Phi) is 6.10. The third kappa shape index (κ3) is 5.97. The van der Waals surface area contributed by atoms with Crippen molar-refractivity contribution in [3.8, 4) is 0 Å². The standard InChI is InChI=1S/C14H20O5S2/c1-12(15)6-4-3-5-11-21(18,19)14-9-7-13(8-10-14)20(2,16)17/h7-10H,3-6,11H2,1-2H3. The zero-order valence-corrected chi connectivity index (χ0v) is 13.8. The third-order valence-corrected chi connectivity index (χ3v) is 6.00. The van der Waals surface area contributed by atoms with Crippen LogP contribution in [0.3, 0.4) is 0 Å². The van der Waals surface area contributed by atoms with Gasteiger partial charge < -0.3 is 4.79 Å². The first kappa shape index (κ1) is 17.8. The molecule has 0 heterocycles. The first-order valence-corrected chi connectivity index (χ1v) is 10.2. The molecule has 1 aromatic carbocycles. The monoisotopic (exact) mass is 332 g/mol. The molecule has 0 amide bonds. The Bertz CT molecular complexity index is 685. The van der Waals surface area contributed by atoms with Crippen molar-refractivity contribution < 1.29 is 21.6 Å². The SMILES string of the molecule is CC(=O)CCCCCS(=O)(=O)c1ccc(S(C)(=O)=O)cc1. The van der Waals surface area contributed by atoms with Gasteiger partial charge in [-0.25, -0.2) is 16.8 Å². The van der Waals surface area contributed by atoms with Gasteiger partial charge in [0.2, 0.25) is 0 Å². The molecule has 1 aromatic rings. The van der Waals surface area contributed by atoms with Crippen molar-refractivity contribution in [1.82, 2.24) is 0 Å². The summed E-state index contributed by atoms with van der Waals surface area (Å²) in [5.74, 6) is 0.109. The normalized spacial score (nSPS) is 12.3. The fourth-order valence-corrected chi connectivity index (χ4v) is 3.86. The minimum Gasteiger partial charge on any atom is -0.300 e. The molecule has 7 heteroatoms. The summed E-state index contributed by atoms with van der Waals surface area (Å²) in [5, 5.41) is 0. The van der Waals surface area contributed by atoms with Gasteiger partial charge in [-0.1, -0.05) is 6.42 Å². The maximum atomic E-state index is 12.1. The van der Waals surface area contributed by atoms with E-state index < -0.39 is 19.7 Å². The highest BCUT2D eigenvalue weighted by Gasteiger charge is 2.15. The molecule has 1 rings (SSSR count). The number of carbonyl (C=O) groups excluding carboxylic acids is 1. The molecular weight excluding hydrogens is 312 g/mol. The van der Waals surface area contributed by atoms with E-state index in [9.17, 15) is 21.6 Å². The van der Waals surface area contributed by atoms with E-state index in [-0.39, 0.29) is 21.3 Å². The number of benzene rings is 1. The number of carbonyl (C=O) groups is 1. The molecule has 0 aliphatic carbocycles. The fourth-order valence-electron chi connectivity index (χ4n) is 1.85. The van der Waals surface area contributed by atoms with Crippen LogP contribution in [0, 0.1) is 0 Å². The zero-order chi connectivity index (χ0) is 16.1. The Labute approximate surface area is 126 Å². The van der Waals surface area contributed by atoms with Crippen LogP contribution in [0.2, 0.25) is 0 Å². The van der Waals surface area contributed by atoms with Crippen molar-refractivity contribution in [3.05, 3.63) is 24.3 Å². The third-order valence-electron chi connectivity index (χ3n) is 3.05. The molecule has 0 atom stereocenters. The van der Waals surface area contributed by atoms with Gasteiger partial charge in [-0.15, -0.1) is 0 Å². The van der Waals surface area contributed by atoms with Crippen molar-refractivity contribution in [2.45, 2.75) is 42.4 Å². The summed E-state index contributed by atoms with van der Waals surface area (Å²) in [4.78, 5) is 11.0. The van der Waals surface area contributed by atoms with Crippen LogP contribution in [0.1, 0.15) is 32.6 Å². The first-order valence-electron chi connectivity index (χ1n) is 6.65. The average Bonchev–Trinajstić information content (AvgIpc) is 2.37. The predicted molar refractivity (Wildman–Crippen MR) is 80.8 cm³/mol. The Morgan fingerprint density at radius 3 is 1.90 bits per heavy atom. The van der Waals surface area contributed by atoms with Crippen molar-refractivity contribution in [2.75, 3.05) is 12.0 Å². The van der Waals surface area contributed by atoms with Gasteiger partial charge in [0, 0.05) is 12.7 Å². The Balaban J connectivity index is 2.64. The largest absolute Gasteiger partial charge is 0.300 e. The maximum Gasteiger partial charge on any atom is 0.178 e. The number of sulfone groups is 2. The summed E-state index contributed by atoms with van der Waals surface area (Å²) in [6, 6.07) is 5.25. The van der Waals surface area contributed by atoms with Gasteiger partial charge in [0.25, 0.3) is 0 Å². The molecule has 0 aliphatic heterocycles. The van der Waals surface area contributed by atoms with Gasteiger partial charge in [0.1, 0.15) is 5.78 Å². The minimum absolute atomic E-state index is 0.00310. The molecular formula is C14H20O5S2. The molecule has 0 saturated carbocycles. The molecule has 0 radical (unpaired) electrons. The lowest BCUT2D eigenvalue weighted by atomic mass is 10.2. The minimum atomic E-state index is -3.40. The number of ketones is 1. The van der Waals surface area contributed by atoms with Crippen LogP contribution < -0.4 is 0 Å². The van der Waals surface area contributed by atoms with E-state index in [4.69, 9.17) is 0 Å². The number of hydrogen-bond acceptors (Lipinski definition) is 5. The second-order valence-electron chi connectivity index (χ2n) is 5.08. The Morgan fingerprint density at radius 1 is 0.905 bits per heavy atom. The van der Waals surface area contributed by atoms with E-state index in [1.54, 1.807) is 0 Å². The summed E-state index contributed by atoms with van der Waals surface area (Å²) in [7, 11) is -6.73. The molecule has 0 aromatic heterocycles. The molecule has 0 unspecified atom stereocenters. The van der Waals surface area contributed by atoms with E-state index in [1.807, 2.05) is 0 Å². The highest BCUT2D eigenvalue weighted by atomic mass is 32.2. The maximum absolute atomic E-state index is 12.1. The predicted octanol–water partition coefficient (Wildman–Crippen LogP) is 2.01. The highest BCUT2D eigenvalue weighted by Crippen LogP contribution is 2.17. The molecule has 21 heavy (non-hydrogen) atoms. The van der Waals surface area contributed by atoms with Gasteiger partial charge in [0.05, 0.1) is 15.5 Å². The van der Waals surface area contributed by atoms with Gasteiger partial charge in [-0.2, -0.15) is 0 Å². The quantitative estimate of drug-likeness (QED) is 0.680. The van der Waals surface area contributed by atoms with Crippen LogP contribution in [0.15, 0.2) is 34.1 Å². The van der Waals surface area contributed by atoms with Crippen LogP contribution in [-0.4, -0.2) is 34.6 Å². The van der Waals surface area contributed by atoms with Crippen LogP contribution in [0.25, 0.3) is 0 Å². The number of hydrogen-bond donors (Lipinski definition) is 0. The topological polar surface area (TPSA) is 85.3 Å². The van der Waals surface area contributed by atoms with Gasteiger partial charge >= 0.3 is 0 Å². The van der Waals surface area contributed by atoms with Crippen LogP contribution >= 0.6 is 0 Å². The number of Topliss-reactive ketones (excluding diaryl/α,β-unsaturated/α-hetero) is 1. The molecule has 0 bridgehead atoms. The summed E-state index contributed by atoms with van der Waals surface area (Å²) < 4.78 is 46.8. The van der Waals surface area contributed by atoms with Crippen molar-refractivity contribution >= 4 is 25.5 Å². The Morgan fingerprint density at radius 2 is 1.43 bits per heavy atom. The smallest absolute Gasteiger partial charge is 0.178 e. The van der Waals surface area contributed by atoms with Crippen molar-refractivity contribution in [2.24, 2.45) is 0 Å². The molecule has 0 saturated heterocycles. The lowest BCUT2D eigenvalue weighted by Gasteiger charge is -2.05. The average molecular weight is 332 g/mol. The molecule has 0 aliphatic rings. The summed E-state index contributed by atoms with van der Waals surface area (Å²) in [6.45, 7) is 1.51. The number of rotatable bonds is 8. The summed E-state index contributed by atoms with van der Waals surface area (Å²) in [6.07, 6.45) is 3.41. The lowest BCUT2D eigenvalue weighted by molar-refractivity contribution is -0.117. The molecule has 5 nitrogen and oxygen atoms in total. The van der Waals surface area contributed by atoms with E-state index >= 15 is 0 Å². The fraction of sp³-hybridized carbons (Fsp3) is 0.500. The van der Waals surface area contributed by atoms with Crippen LogP contribution in [0.4, 0.5) is 0 Å². The number of unbranched alkanes of at least 4 members (excludes halogenated alkanes) is 2. The van der Waals surface area contributed by atoms with Crippen molar-refractivity contribution in [1.29, 1.82) is 0 Å². The van der Waals surface area contributed by atoms with Gasteiger partial charge in [-0.3, -0.25) is 0 Å². The van der Waals surface area contributed by atoms with Gasteiger partial charge in [0.15, 0.2) is 19.7 Å². The zero-order valence-electron chi connectivity index (χ0n) is 12.2.